The highest BCUT2D eigenvalue weighted by molar-refractivity contribution is 9.10. The molecule has 2 rings (SSSR count). The summed E-state index contributed by atoms with van der Waals surface area (Å²) in [6, 6.07) is 2.69. The Hall–Kier alpha value is -0.600. The van der Waals surface area contributed by atoms with Gasteiger partial charge in [0.25, 0.3) is 10.0 Å². The monoisotopic (exact) mass is 415 g/mol. The number of hydrogen-bond acceptors (Lipinski definition) is 4. The Morgan fingerprint density at radius 2 is 1.70 bits per heavy atom. The van der Waals surface area contributed by atoms with Crippen molar-refractivity contribution in [1.29, 1.82) is 0 Å². The van der Waals surface area contributed by atoms with Crippen molar-refractivity contribution in [3.8, 4) is 0 Å². The lowest BCUT2D eigenvalue weighted by Crippen LogP contribution is -2.13. The molecule has 5 nitrogen and oxygen atoms in total. The van der Waals surface area contributed by atoms with Gasteiger partial charge in [-0.15, -0.1) is 0 Å². The summed E-state index contributed by atoms with van der Waals surface area (Å²) in [6.07, 6.45) is 2.39. The van der Waals surface area contributed by atoms with Crippen LogP contribution in [0.1, 0.15) is 0 Å². The van der Waals surface area contributed by atoms with E-state index in [1.165, 1.54) is 18.3 Å². The van der Waals surface area contributed by atoms with Gasteiger partial charge >= 0.3 is 0 Å². The third-order valence-electron chi connectivity index (χ3n) is 2.13. The highest BCUT2D eigenvalue weighted by Crippen LogP contribution is 2.26. The van der Waals surface area contributed by atoms with E-state index in [0.29, 0.717) is 4.47 Å². The summed E-state index contributed by atoms with van der Waals surface area (Å²) in [5.41, 5.74) is 0.243. The molecule has 10 heteroatoms. The zero-order valence-corrected chi connectivity index (χ0v) is 14.1. The first-order valence-electron chi connectivity index (χ1n) is 4.94. The van der Waals surface area contributed by atoms with Gasteiger partial charge in [0.1, 0.15) is 15.2 Å². The third kappa shape index (κ3) is 3.53. The molecule has 1 N–H and O–H groups in total. The van der Waals surface area contributed by atoms with Crippen LogP contribution in [0.3, 0.4) is 0 Å². The number of nitrogens with one attached hydrogen (secondary N) is 1. The third-order valence-corrected chi connectivity index (χ3v) is 5.30. The van der Waals surface area contributed by atoms with E-state index >= 15 is 0 Å². The SMILES string of the molecule is O=S(=O)(Nc1cnc(Cl)c(Br)c1)c1cnc(Cl)c(Cl)c1. The first kappa shape index (κ1) is 15.8. The lowest BCUT2D eigenvalue weighted by Gasteiger charge is -2.08. The number of anilines is 1. The number of pyridine rings is 2. The van der Waals surface area contributed by atoms with Crippen LogP contribution in [0.2, 0.25) is 15.3 Å². The molecule has 0 aromatic carbocycles. The molecular formula is C10H5BrCl3N3O2S. The van der Waals surface area contributed by atoms with E-state index in [0.717, 1.165) is 6.20 Å². The average molecular weight is 417 g/mol. The van der Waals surface area contributed by atoms with Crippen molar-refractivity contribution in [3.05, 3.63) is 44.3 Å². The van der Waals surface area contributed by atoms with Gasteiger partial charge in [-0.2, -0.15) is 0 Å². The fourth-order valence-electron chi connectivity index (χ4n) is 1.24. The number of hydrogen-bond donors (Lipinski definition) is 1. The Kier molecular flexibility index (Phi) is 4.76. The molecular weight excluding hydrogens is 412 g/mol. The van der Waals surface area contributed by atoms with Crippen molar-refractivity contribution < 1.29 is 8.42 Å². The Labute approximate surface area is 138 Å². The zero-order chi connectivity index (χ0) is 14.9. The van der Waals surface area contributed by atoms with Gasteiger partial charge in [-0.3, -0.25) is 4.72 Å². The highest BCUT2D eigenvalue weighted by atomic mass is 79.9. The van der Waals surface area contributed by atoms with E-state index in [1.54, 1.807) is 0 Å². The molecule has 0 aliphatic carbocycles. The number of rotatable bonds is 3. The van der Waals surface area contributed by atoms with Gasteiger partial charge in [-0.25, -0.2) is 18.4 Å². The van der Waals surface area contributed by atoms with Crippen molar-refractivity contribution in [2.45, 2.75) is 4.90 Å². The molecule has 20 heavy (non-hydrogen) atoms. The lowest BCUT2D eigenvalue weighted by atomic mass is 10.4. The largest absolute Gasteiger partial charge is 0.278 e. The van der Waals surface area contributed by atoms with Gasteiger partial charge in [0.05, 0.1) is 21.4 Å². The van der Waals surface area contributed by atoms with E-state index in [9.17, 15) is 8.42 Å². The standard InChI is InChI=1S/C10H5BrCl3N3O2S/c11-7-1-5(3-15-9(7)13)17-20(18,19)6-2-8(12)10(14)16-4-6/h1-4,17H. The summed E-state index contributed by atoms with van der Waals surface area (Å²) < 4.78 is 27.1. The quantitative estimate of drug-likeness (QED) is 0.767. The first-order valence-corrected chi connectivity index (χ1v) is 8.35. The summed E-state index contributed by atoms with van der Waals surface area (Å²) in [6.45, 7) is 0. The Balaban J connectivity index is 2.35. The number of halogens is 4. The second kappa shape index (κ2) is 6.03. The molecule has 0 aliphatic rings. The average Bonchev–Trinajstić information content (AvgIpc) is 2.37. The van der Waals surface area contributed by atoms with Crippen LogP contribution in [0.25, 0.3) is 0 Å². The summed E-state index contributed by atoms with van der Waals surface area (Å²) in [5, 5.41) is 0.302. The maximum atomic E-state index is 12.1. The van der Waals surface area contributed by atoms with Crippen LogP contribution in [-0.2, 0) is 10.0 Å². The Bertz CT molecular complexity index is 770. The minimum atomic E-state index is -3.84. The zero-order valence-electron chi connectivity index (χ0n) is 9.44. The molecule has 106 valence electrons. The lowest BCUT2D eigenvalue weighted by molar-refractivity contribution is 0.601. The number of sulfonamides is 1. The summed E-state index contributed by atoms with van der Waals surface area (Å²) >= 11 is 20.3. The van der Waals surface area contributed by atoms with Gasteiger partial charge in [0, 0.05) is 6.20 Å². The predicted molar refractivity (Wildman–Crippen MR) is 82.0 cm³/mol. The van der Waals surface area contributed by atoms with E-state index in [2.05, 4.69) is 30.6 Å². The molecule has 0 saturated heterocycles. The fourth-order valence-corrected chi connectivity index (χ4v) is 3.03. The normalized spacial score (nSPS) is 11.4. The van der Waals surface area contributed by atoms with Crippen LogP contribution < -0.4 is 4.72 Å². The molecule has 0 atom stereocenters. The molecule has 2 aromatic heterocycles. The minimum absolute atomic E-state index is 0.0292. The summed E-state index contributed by atoms with van der Waals surface area (Å²) in [7, 11) is -3.84. The van der Waals surface area contributed by atoms with Gasteiger partial charge in [0.2, 0.25) is 0 Å². The first-order chi connectivity index (χ1) is 9.29. The molecule has 2 heterocycles. The van der Waals surface area contributed by atoms with E-state index < -0.39 is 10.0 Å². The maximum Gasteiger partial charge on any atom is 0.263 e. The van der Waals surface area contributed by atoms with Gasteiger partial charge in [-0.1, -0.05) is 34.8 Å². The Morgan fingerprint density at radius 3 is 2.30 bits per heavy atom. The molecule has 0 unspecified atom stereocenters. The van der Waals surface area contributed by atoms with Crippen LogP contribution in [0, 0.1) is 0 Å². The van der Waals surface area contributed by atoms with E-state index in [4.69, 9.17) is 34.8 Å². The number of aromatic nitrogens is 2. The minimum Gasteiger partial charge on any atom is -0.278 e. The van der Waals surface area contributed by atoms with Crippen molar-refractivity contribution in [2.75, 3.05) is 4.72 Å². The molecule has 0 radical (unpaired) electrons. The van der Waals surface area contributed by atoms with E-state index in [1.807, 2.05) is 0 Å². The van der Waals surface area contributed by atoms with Crippen LogP contribution in [0.5, 0.6) is 0 Å². The van der Waals surface area contributed by atoms with Crippen molar-refractivity contribution >= 4 is 66.4 Å². The smallest absolute Gasteiger partial charge is 0.263 e. The van der Waals surface area contributed by atoms with Gasteiger partial charge < -0.3 is 0 Å². The molecule has 0 fully saturated rings. The van der Waals surface area contributed by atoms with Crippen molar-refractivity contribution in [1.82, 2.24) is 9.97 Å². The van der Waals surface area contributed by atoms with Gasteiger partial charge in [0.15, 0.2) is 0 Å². The molecule has 0 aliphatic heterocycles. The molecule has 0 spiro atoms. The molecule has 0 amide bonds. The predicted octanol–water partition coefficient (Wildman–Crippen LogP) is 4.00. The van der Waals surface area contributed by atoms with Crippen molar-refractivity contribution in [2.24, 2.45) is 0 Å². The summed E-state index contributed by atoms with van der Waals surface area (Å²) in [4.78, 5) is 7.39. The molecule has 0 bridgehead atoms. The molecule has 0 saturated carbocycles. The van der Waals surface area contributed by atoms with Gasteiger partial charge in [-0.05, 0) is 28.1 Å². The number of nitrogens with zero attached hydrogens (tertiary/aromatic N) is 2. The second-order valence-electron chi connectivity index (χ2n) is 3.55. The topological polar surface area (TPSA) is 72.0 Å². The van der Waals surface area contributed by atoms with Crippen LogP contribution >= 0.6 is 50.7 Å². The maximum absolute atomic E-state index is 12.1. The fraction of sp³-hybridized carbons (Fsp3) is 0. The summed E-state index contributed by atoms with van der Waals surface area (Å²) in [5.74, 6) is 0. The Morgan fingerprint density at radius 1 is 1.05 bits per heavy atom. The van der Waals surface area contributed by atoms with E-state index in [-0.39, 0.29) is 25.9 Å². The van der Waals surface area contributed by atoms with Crippen LogP contribution in [0.4, 0.5) is 5.69 Å². The highest BCUT2D eigenvalue weighted by Gasteiger charge is 2.17. The van der Waals surface area contributed by atoms with Crippen molar-refractivity contribution in [3.63, 3.8) is 0 Å². The van der Waals surface area contributed by atoms with Crippen LogP contribution in [-0.4, -0.2) is 18.4 Å². The molecule has 2 aromatic rings. The van der Waals surface area contributed by atoms with Crippen LogP contribution in [0.15, 0.2) is 33.9 Å². The second-order valence-corrected chi connectivity index (χ2v) is 7.21.